The van der Waals surface area contributed by atoms with Crippen molar-refractivity contribution in [2.45, 2.75) is 17.9 Å². The van der Waals surface area contributed by atoms with Crippen LogP contribution in [0.2, 0.25) is 10.0 Å². The van der Waals surface area contributed by atoms with Gasteiger partial charge in [-0.3, -0.25) is 0 Å². The summed E-state index contributed by atoms with van der Waals surface area (Å²) in [5.41, 5.74) is 1.32. The molecule has 6 nitrogen and oxygen atoms in total. The van der Waals surface area contributed by atoms with Crippen LogP contribution in [0.5, 0.6) is 0 Å². The maximum Gasteiger partial charge on any atom is 0.243 e. The molecule has 154 valence electrons. The van der Waals surface area contributed by atoms with E-state index in [4.69, 9.17) is 32.4 Å². The monoisotopic (exact) mass is 454 g/mol. The molecule has 1 heterocycles. The Kier molecular flexibility index (Phi) is 7.32. The highest BCUT2D eigenvalue weighted by Crippen LogP contribution is 2.28. The molecule has 0 N–H and O–H groups in total. The van der Waals surface area contributed by atoms with Gasteiger partial charge in [-0.15, -0.1) is 0 Å². The van der Waals surface area contributed by atoms with Crippen LogP contribution in [0.25, 0.3) is 11.5 Å². The summed E-state index contributed by atoms with van der Waals surface area (Å²) in [6.07, 6.45) is 2.00. The van der Waals surface area contributed by atoms with Crippen molar-refractivity contribution in [3.63, 3.8) is 0 Å². The molecule has 2 aromatic carbocycles. The third kappa shape index (κ3) is 5.38. The van der Waals surface area contributed by atoms with Gasteiger partial charge in [0.2, 0.25) is 15.9 Å². The third-order valence-electron chi connectivity index (χ3n) is 4.20. The molecule has 3 rings (SSSR count). The Balaban J connectivity index is 1.87. The molecule has 0 spiro atoms. The summed E-state index contributed by atoms with van der Waals surface area (Å²) >= 11 is 11.9. The normalized spacial score (nSPS) is 11.9. The van der Waals surface area contributed by atoms with E-state index >= 15 is 0 Å². The van der Waals surface area contributed by atoms with Crippen molar-refractivity contribution in [3.8, 4) is 11.5 Å². The number of methoxy groups -OCH3 is 1. The quantitative estimate of drug-likeness (QED) is 0.430. The lowest BCUT2D eigenvalue weighted by molar-refractivity contribution is 0.186. The van der Waals surface area contributed by atoms with Gasteiger partial charge < -0.3 is 9.15 Å². The van der Waals surface area contributed by atoms with Crippen molar-refractivity contribution in [3.05, 3.63) is 70.5 Å². The molecule has 0 bridgehead atoms. The van der Waals surface area contributed by atoms with Gasteiger partial charge in [-0.2, -0.15) is 4.31 Å². The molecular formula is C20H20Cl2N2O4S. The summed E-state index contributed by atoms with van der Waals surface area (Å²) in [5, 5.41) is 0.470. The number of halogens is 2. The summed E-state index contributed by atoms with van der Waals surface area (Å²) in [7, 11) is -2.25. The van der Waals surface area contributed by atoms with Crippen LogP contribution in [0, 0.1) is 0 Å². The average Bonchev–Trinajstić information content (AvgIpc) is 3.18. The van der Waals surface area contributed by atoms with E-state index in [-0.39, 0.29) is 23.0 Å². The summed E-state index contributed by atoms with van der Waals surface area (Å²) in [5.74, 6) is 0.435. The van der Waals surface area contributed by atoms with Crippen molar-refractivity contribution >= 4 is 33.2 Å². The van der Waals surface area contributed by atoms with Crippen LogP contribution < -0.4 is 0 Å². The Morgan fingerprint density at radius 2 is 1.86 bits per heavy atom. The first-order valence-corrected chi connectivity index (χ1v) is 11.1. The second-order valence-electron chi connectivity index (χ2n) is 6.27. The zero-order valence-corrected chi connectivity index (χ0v) is 18.0. The number of sulfonamides is 1. The second kappa shape index (κ2) is 9.73. The second-order valence-corrected chi connectivity index (χ2v) is 9.02. The van der Waals surface area contributed by atoms with E-state index in [1.54, 1.807) is 7.11 Å². The fourth-order valence-electron chi connectivity index (χ4n) is 2.73. The lowest BCUT2D eigenvalue weighted by Crippen LogP contribution is -2.32. The first kappa shape index (κ1) is 21.8. The van der Waals surface area contributed by atoms with Gasteiger partial charge in [0.15, 0.2) is 0 Å². The number of hydrogen-bond acceptors (Lipinski definition) is 5. The van der Waals surface area contributed by atoms with Gasteiger partial charge in [0.05, 0.1) is 27.2 Å². The number of benzene rings is 2. The molecule has 29 heavy (non-hydrogen) atoms. The number of hydrogen-bond donors (Lipinski definition) is 0. The molecule has 9 heteroatoms. The SMILES string of the molecule is COCCCN(Cc1coc(-c2ccccc2)n1)S(=O)(=O)c1ccc(Cl)c(Cl)c1. The fraction of sp³-hybridized carbons (Fsp3) is 0.250. The largest absolute Gasteiger partial charge is 0.444 e. The van der Waals surface area contributed by atoms with Crippen LogP contribution in [-0.4, -0.2) is 38.0 Å². The van der Waals surface area contributed by atoms with Gasteiger partial charge in [0, 0.05) is 25.8 Å². The highest BCUT2D eigenvalue weighted by atomic mass is 35.5. The molecule has 0 saturated carbocycles. The van der Waals surface area contributed by atoms with E-state index in [0.29, 0.717) is 29.6 Å². The number of oxazole rings is 1. The molecule has 0 amide bonds. The van der Waals surface area contributed by atoms with Crippen LogP contribution >= 0.6 is 23.2 Å². The van der Waals surface area contributed by atoms with Gasteiger partial charge >= 0.3 is 0 Å². The first-order valence-electron chi connectivity index (χ1n) is 8.86. The van der Waals surface area contributed by atoms with Crippen LogP contribution in [0.15, 0.2) is 64.1 Å². The predicted octanol–water partition coefficient (Wildman–Crippen LogP) is 4.88. The lowest BCUT2D eigenvalue weighted by atomic mass is 10.2. The number of ether oxygens (including phenoxy) is 1. The molecule has 0 aliphatic heterocycles. The summed E-state index contributed by atoms with van der Waals surface area (Å²) < 4.78 is 38.3. The predicted molar refractivity (Wildman–Crippen MR) is 112 cm³/mol. The van der Waals surface area contributed by atoms with Gasteiger partial charge in [0.1, 0.15) is 6.26 Å². The zero-order chi connectivity index (χ0) is 20.9. The van der Waals surface area contributed by atoms with E-state index in [1.807, 2.05) is 30.3 Å². The van der Waals surface area contributed by atoms with E-state index in [1.165, 1.54) is 28.8 Å². The number of rotatable bonds is 9. The van der Waals surface area contributed by atoms with Crippen molar-refractivity contribution in [1.82, 2.24) is 9.29 Å². The molecule has 0 aliphatic carbocycles. The minimum absolute atomic E-state index is 0.0582. The highest BCUT2D eigenvalue weighted by molar-refractivity contribution is 7.89. The van der Waals surface area contributed by atoms with Crippen molar-refractivity contribution in [1.29, 1.82) is 0 Å². The van der Waals surface area contributed by atoms with Gasteiger partial charge in [-0.25, -0.2) is 13.4 Å². The van der Waals surface area contributed by atoms with Gasteiger partial charge in [-0.05, 0) is 36.8 Å². The van der Waals surface area contributed by atoms with Crippen molar-refractivity contribution in [2.24, 2.45) is 0 Å². The van der Waals surface area contributed by atoms with Crippen LogP contribution in [0.3, 0.4) is 0 Å². The maximum absolute atomic E-state index is 13.2. The smallest absolute Gasteiger partial charge is 0.243 e. The molecule has 0 fully saturated rings. The topological polar surface area (TPSA) is 72.6 Å². The Labute approximate surface area is 180 Å². The standard InChI is InChI=1S/C20H20Cl2N2O4S/c1-27-11-5-10-24(29(25,26)17-8-9-18(21)19(22)12-17)13-16-14-28-20(23-16)15-6-3-2-4-7-15/h2-4,6-9,12,14H,5,10-11,13H2,1H3. The average molecular weight is 455 g/mol. The number of aromatic nitrogens is 1. The lowest BCUT2D eigenvalue weighted by Gasteiger charge is -2.21. The molecule has 0 unspecified atom stereocenters. The Bertz CT molecular complexity index is 1060. The Hall–Kier alpha value is -1.90. The zero-order valence-electron chi connectivity index (χ0n) is 15.7. The molecule has 0 atom stereocenters. The number of nitrogens with zero attached hydrogens (tertiary/aromatic N) is 2. The Morgan fingerprint density at radius 3 is 2.55 bits per heavy atom. The molecule has 0 saturated heterocycles. The van der Waals surface area contributed by atoms with Crippen LogP contribution in [0.4, 0.5) is 0 Å². The molecule has 3 aromatic rings. The Morgan fingerprint density at radius 1 is 1.10 bits per heavy atom. The van der Waals surface area contributed by atoms with E-state index in [9.17, 15) is 8.42 Å². The van der Waals surface area contributed by atoms with E-state index in [0.717, 1.165) is 5.56 Å². The molecule has 0 radical (unpaired) electrons. The minimum atomic E-state index is -3.82. The molecule has 0 aliphatic rings. The fourth-order valence-corrected chi connectivity index (χ4v) is 4.57. The molecule has 1 aromatic heterocycles. The first-order chi connectivity index (χ1) is 13.9. The summed E-state index contributed by atoms with van der Waals surface area (Å²) in [6.45, 7) is 0.744. The van der Waals surface area contributed by atoms with Crippen molar-refractivity contribution in [2.75, 3.05) is 20.3 Å². The maximum atomic E-state index is 13.2. The molecular weight excluding hydrogens is 435 g/mol. The van der Waals surface area contributed by atoms with Gasteiger partial charge in [0.25, 0.3) is 0 Å². The third-order valence-corrected chi connectivity index (χ3v) is 6.78. The van der Waals surface area contributed by atoms with Crippen LogP contribution in [0.1, 0.15) is 12.1 Å². The van der Waals surface area contributed by atoms with E-state index < -0.39 is 10.0 Å². The highest BCUT2D eigenvalue weighted by Gasteiger charge is 2.26. The van der Waals surface area contributed by atoms with Gasteiger partial charge in [-0.1, -0.05) is 41.4 Å². The minimum Gasteiger partial charge on any atom is -0.444 e. The van der Waals surface area contributed by atoms with E-state index in [2.05, 4.69) is 4.98 Å². The summed E-state index contributed by atoms with van der Waals surface area (Å²) in [6, 6.07) is 13.7. The van der Waals surface area contributed by atoms with Crippen molar-refractivity contribution < 1.29 is 17.6 Å². The summed E-state index contributed by atoms with van der Waals surface area (Å²) in [4.78, 5) is 4.50. The van der Waals surface area contributed by atoms with Crippen LogP contribution in [-0.2, 0) is 21.3 Å².